The van der Waals surface area contributed by atoms with Crippen LogP contribution in [0.3, 0.4) is 0 Å². The number of rotatable bonds is 6. The van der Waals surface area contributed by atoms with Crippen LogP contribution in [0.2, 0.25) is 5.15 Å². The first-order valence-electron chi connectivity index (χ1n) is 7.18. The van der Waals surface area contributed by atoms with Crippen LogP contribution in [0.15, 0.2) is 24.3 Å². The highest BCUT2D eigenvalue weighted by atomic mass is 35.5. The number of halogens is 1. The molecule has 0 radical (unpaired) electrons. The molecule has 112 valence electrons. The average molecular weight is 307 g/mol. The second kappa shape index (κ2) is 7.27. The van der Waals surface area contributed by atoms with Gasteiger partial charge in [0.15, 0.2) is 0 Å². The van der Waals surface area contributed by atoms with Crippen LogP contribution >= 0.6 is 11.6 Å². The Balaban J connectivity index is 2.55. The van der Waals surface area contributed by atoms with Crippen LogP contribution in [-0.2, 0) is 4.74 Å². The van der Waals surface area contributed by atoms with E-state index in [1.165, 1.54) is 0 Å². The van der Waals surface area contributed by atoms with Crippen molar-refractivity contribution in [2.45, 2.75) is 26.7 Å². The maximum atomic E-state index is 12.2. The number of fused-ring (bicyclic) bond motifs is 1. The van der Waals surface area contributed by atoms with Crippen molar-refractivity contribution < 1.29 is 9.53 Å². The summed E-state index contributed by atoms with van der Waals surface area (Å²) in [4.78, 5) is 16.5. The van der Waals surface area contributed by atoms with Gasteiger partial charge in [-0.2, -0.15) is 0 Å². The van der Waals surface area contributed by atoms with Gasteiger partial charge in [-0.25, -0.2) is 9.78 Å². The van der Waals surface area contributed by atoms with Gasteiger partial charge in [0.1, 0.15) is 10.7 Å². The van der Waals surface area contributed by atoms with Gasteiger partial charge in [0, 0.05) is 11.9 Å². The molecule has 0 aliphatic heterocycles. The van der Waals surface area contributed by atoms with Gasteiger partial charge >= 0.3 is 5.97 Å². The van der Waals surface area contributed by atoms with E-state index < -0.39 is 5.97 Å². The van der Waals surface area contributed by atoms with Crippen molar-refractivity contribution in [2.24, 2.45) is 0 Å². The number of nitrogens with one attached hydrogen (secondary N) is 1. The Hall–Kier alpha value is -1.81. The Morgan fingerprint density at radius 3 is 2.81 bits per heavy atom. The van der Waals surface area contributed by atoms with E-state index in [-0.39, 0.29) is 5.15 Å². The molecule has 2 aromatic rings. The molecule has 4 nitrogen and oxygen atoms in total. The molecule has 0 spiro atoms. The second-order valence-electron chi connectivity index (χ2n) is 4.67. The molecule has 0 aliphatic carbocycles. The lowest BCUT2D eigenvalue weighted by atomic mass is 10.1. The topological polar surface area (TPSA) is 51.2 Å². The van der Waals surface area contributed by atoms with Crippen LogP contribution in [0, 0.1) is 0 Å². The number of esters is 1. The third-order valence-electron chi connectivity index (χ3n) is 3.16. The van der Waals surface area contributed by atoms with Crippen molar-refractivity contribution in [3.8, 4) is 0 Å². The maximum Gasteiger partial charge on any atom is 0.343 e. The van der Waals surface area contributed by atoms with E-state index in [9.17, 15) is 4.79 Å². The van der Waals surface area contributed by atoms with Crippen LogP contribution in [0.5, 0.6) is 0 Å². The number of carbonyl (C=O) groups is 1. The van der Waals surface area contributed by atoms with Crippen LogP contribution in [0.25, 0.3) is 10.9 Å². The molecular weight excluding hydrogens is 288 g/mol. The molecule has 0 fully saturated rings. The van der Waals surface area contributed by atoms with E-state index in [0.29, 0.717) is 17.9 Å². The zero-order chi connectivity index (χ0) is 15.2. The van der Waals surface area contributed by atoms with Gasteiger partial charge in [-0.1, -0.05) is 43.1 Å². The number of hydrogen-bond donors (Lipinski definition) is 1. The Morgan fingerprint density at radius 1 is 1.33 bits per heavy atom. The smallest absolute Gasteiger partial charge is 0.343 e. The lowest BCUT2D eigenvalue weighted by Gasteiger charge is -2.15. The fraction of sp³-hybridized carbons (Fsp3) is 0.375. The molecule has 0 bridgehead atoms. The van der Waals surface area contributed by atoms with E-state index in [1.807, 2.05) is 24.3 Å². The van der Waals surface area contributed by atoms with Gasteiger partial charge in [-0.15, -0.1) is 0 Å². The minimum atomic E-state index is -0.445. The molecule has 0 atom stereocenters. The van der Waals surface area contributed by atoms with Crippen molar-refractivity contribution in [2.75, 3.05) is 18.5 Å². The Bertz CT molecular complexity index is 643. The van der Waals surface area contributed by atoms with Gasteiger partial charge in [0.05, 0.1) is 17.8 Å². The number of para-hydroxylation sites is 1. The summed E-state index contributed by atoms with van der Waals surface area (Å²) in [6.45, 7) is 4.96. The van der Waals surface area contributed by atoms with Crippen molar-refractivity contribution in [3.05, 3.63) is 35.0 Å². The summed E-state index contributed by atoms with van der Waals surface area (Å²) in [6.07, 6.45) is 2.08. The molecule has 1 heterocycles. The largest absolute Gasteiger partial charge is 0.462 e. The number of pyridine rings is 1. The van der Waals surface area contributed by atoms with Crippen LogP contribution in [0.1, 0.15) is 37.0 Å². The number of benzene rings is 1. The molecule has 0 aliphatic rings. The zero-order valence-electron chi connectivity index (χ0n) is 12.3. The summed E-state index contributed by atoms with van der Waals surface area (Å²) in [7, 11) is 0. The van der Waals surface area contributed by atoms with Crippen molar-refractivity contribution in [3.63, 3.8) is 0 Å². The Labute approximate surface area is 129 Å². The number of anilines is 1. The second-order valence-corrected chi connectivity index (χ2v) is 5.03. The molecule has 1 N–H and O–H groups in total. The standard InChI is InChI=1S/C16H19ClN2O2/c1-3-5-10-18-14-11-8-6-7-9-12(11)19-15(17)13(14)16(20)21-4-2/h6-9H,3-5,10H2,1-2H3,(H,18,19). The first-order valence-corrected chi connectivity index (χ1v) is 7.56. The third kappa shape index (κ3) is 3.45. The van der Waals surface area contributed by atoms with E-state index in [4.69, 9.17) is 16.3 Å². The van der Waals surface area contributed by atoms with E-state index >= 15 is 0 Å². The molecule has 2 rings (SSSR count). The lowest BCUT2D eigenvalue weighted by Crippen LogP contribution is -2.13. The van der Waals surface area contributed by atoms with Gasteiger partial charge in [-0.3, -0.25) is 0 Å². The summed E-state index contributed by atoms with van der Waals surface area (Å²) in [5.41, 5.74) is 1.78. The minimum absolute atomic E-state index is 0.172. The molecule has 0 saturated carbocycles. The predicted octanol–water partition coefficient (Wildman–Crippen LogP) is 4.28. The summed E-state index contributed by atoms with van der Waals surface area (Å²) < 4.78 is 5.10. The third-order valence-corrected chi connectivity index (χ3v) is 3.43. The first kappa shape index (κ1) is 15.6. The number of nitrogens with zero attached hydrogens (tertiary/aromatic N) is 1. The molecule has 1 aromatic carbocycles. The van der Waals surface area contributed by atoms with Gasteiger partial charge < -0.3 is 10.1 Å². The fourth-order valence-electron chi connectivity index (χ4n) is 2.15. The van der Waals surface area contributed by atoms with Crippen LogP contribution in [-0.4, -0.2) is 24.1 Å². The quantitative estimate of drug-likeness (QED) is 0.492. The van der Waals surface area contributed by atoms with E-state index in [2.05, 4.69) is 17.2 Å². The number of carbonyl (C=O) groups excluding carboxylic acids is 1. The van der Waals surface area contributed by atoms with Crippen molar-refractivity contribution in [1.82, 2.24) is 4.98 Å². The number of ether oxygens (including phenoxy) is 1. The van der Waals surface area contributed by atoms with Gasteiger partial charge in [0.25, 0.3) is 0 Å². The molecule has 0 unspecified atom stereocenters. The predicted molar refractivity (Wildman–Crippen MR) is 86.1 cm³/mol. The fourth-order valence-corrected chi connectivity index (χ4v) is 2.41. The number of unbranched alkanes of at least 4 members (excludes halogenated alkanes) is 1. The molecule has 0 amide bonds. The summed E-state index contributed by atoms with van der Waals surface area (Å²) in [5.74, 6) is -0.445. The number of hydrogen-bond acceptors (Lipinski definition) is 4. The van der Waals surface area contributed by atoms with Gasteiger partial charge in [-0.05, 0) is 19.4 Å². The summed E-state index contributed by atoms with van der Waals surface area (Å²) in [6, 6.07) is 7.61. The Morgan fingerprint density at radius 2 is 2.10 bits per heavy atom. The van der Waals surface area contributed by atoms with Crippen LogP contribution in [0.4, 0.5) is 5.69 Å². The normalized spacial score (nSPS) is 10.6. The zero-order valence-corrected chi connectivity index (χ0v) is 13.0. The average Bonchev–Trinajstić information content (AvgIpc) is 2.47. The van der Waals surface area contributed by atoms with Gasteiger partial charge in [0.2, 0.25) is 0 Å². The highest BCUT2D eigenvalue weighted by Crippen LogP contribution is 2.31. The van der Waals surface area contributed by atoms with Crippen LogP contribution < -0.4 is 5.32 Å². The highest BCUT2D eigenvalue weighted by molar-refractivity contribution is 6.34. The monoisotopic (exact) mass is 306 g/mol. The van der Waals surface area contributed by atoms with E-state index in [0.717, 1.165) is 30.3 Å². The molecule has 0 saturated heterocycles. The first-order chi connectivity index (χ1) is 10.2. The Kier molecular flexibility index (Phi) is 5.39. The van der Waals surface area contributed by atoms with E-state index in [1.54, 1.807) is 6.92 Å². The molecular formula is C16H19ClN2O2. The molecule has 21 heavy (non-hydrogen) atoms. The minimum Gasteiger partial charge on any atom is -0.462 e. The molecule has 5 heteroatoms. The lowest BCUT2D eigenvalue weighted by molar-refractivity contribution is 0.0527. The molecule has 1 aromatic heterocycles. The number of aromatic nitrogens is 1. The van der Waals surface area contributed by atoms with Crippen molar-refractivity contribution >= 4 is 34.2 Å². The summed E-state index contributed by atoms with van der Waals surface area (Å²) >= 11 is 6.20. The summed E-state index contributed by atoms with van der Waals surface area (Å²) in [5, 5.41) is 4.36. The SMILES string of the molecule is CCCCNc1c(C(=O)OCC)c(Cl)nc2ccccc12. The highest BCUT2D eigenvalue weighted by Gasteiger charge is 2.21. The van der Waals surface area contributed by atoms with Crippen molar-refractivity contribution in [1.29, 1.82) is 0 Å². The maximum absolute atomic E-state index is 12.2.